The van der Waals surface area contributed by atoms with E-state index >= 15 is 0 Å². The van der Waals surface area contributed by atoms with Crippen molar-refractivity contribution in [2.75, 3.05) is 0 Å². The highest BCUT2D eigenvalue weighted by atomic mass is 16.1. The molecular weight excluding hydrogens is 336 g/mol. The van der Waals surface area contributed by atoms with Gasteiger partial charge in [-0.15, -0.1) is 0 Å². The standard InChI is InChI=1S/C22H20N4O/c1-15-3-6-17(7-4-15)21-19(26-14-16(2)5-8-20(26)25-21)13-24-22(27)18-9-11-23-12-10-18/h3-12,14H,13H2,1-2H3,(H,24,27). The van der Waals surface area contributed by atoms with Crippen molar-refractivity contribution >= 4 is 11.6 Å². The van der Waals surface area contributed by atoms with E-state index in [1.54, 1.807) is 24.5 Å². The van der Waals surface area contributed by atoms with E-state index < -0.39 is 0 Å². The van der Waals surface area contributed by atoms with Crippen molar-refractivity contribution in [2.24, 2.45) is 0 Å². The van der Waals surface area contributed by atoms with Gasteiger partial charge in [-0.1, -0.05) is 35.9 Å². The number of aryl methyl sites for hydroxylation is 2. The van der Waals surface area contributed by atoms with E-state index in [0.29, 0.717) is 12.1 Å². The minimum Gasteiger partial charge on any atom is -0.346 e. The molecule has 1 amide bonds. The maximum atomic E-state index is 12.5. The summed E-state index contributed by atoms with van der Waals surface area (Å²) in [6.07, 6.45) is 5.28. The Balaban J connectivity index is 1.73. The minimum absolute atomic E-state index is 0.130. The molecule has 0 saturated carbocycles. The van der Waals surface area contributed by atoms with Crippen LogP contribution in [-0.2, 0) is 6.54 Å². The summed E-state index contributed by atoms with van der Waals surface area (Å²) >= 11 is 0. The van der Waals surface area contributed by atoms with Crippen molar-refractivity contribution in [1.82, 2.24) is 19.7 Å². The van der Waals surface area contributed by atoms with Gasteiger partial charge in [-0.05, 0) is 37.6 Å². The van der Waals surface area contributed by atoms with Gasteiger partial charge in [-0.3, -0.25) is 9.78 Å². The number of nitrogens with one attached hydrogen (secondary N) is 1. The van der Waals surface area contributed by atoms with Crippen molar-refractivity contribution in [1.29, 1.82) is 0 Å². The highest BCUT2D eigenvalue weighted by Gasteiger charge is 2.15. The lowest BCUT2D eigenvalue weighted by Crippen LogP contribution is -2.23. The van der Waals surface area contributed by atoms with Gasteiger partial charge in [-0.25, -0.2) is 4.98 Å². The van der Waals surface area contributed by atoms with Crippen molar-refractivity contribution < 1.29 is 4.79 Å². The van der Waals surface area contributed by atoms with Crippen LogP contribution in [0.1, 0.15) is 27.2 Å². The van der Waals surface area contributed by atoms with Crippen molar-refractivity contribution in [3.63, 3.8) is 0 Å². The number of aromatic nitrogens is 3. The van der Waals surface area contributed by atoms with Crippen LogP contribution in [0.15, 0.2) is 67.1 Å². The fraction of sp³-hybridized carbons (Fsp3) is 0.136. The third-order valence-electron chi connectivity index (χ3n) is 4.55. The molecule has 0 atom stereocenters. The van der Waals surface area contributed by atoms with Gasteiger partial charge in [0.25, 0.3) is 5.91 Å². The van der Waals surface area contributed by atoms with E-state index in [-0.39, 0.29) is 5.91 Å². The second-order valence-electron chi connectivity index (χ2n) is 6.63. The van der Waals surface area contributed by atoms with Gasteiger partial charge in [-0.2, -0.15) is 0 Å². The van der Waals surface area contributed by atoms with E-state index in [1.165, 1.54) is 5.56 Å². The van der Waals surface area contributed by atoms with E-state index in [2.05, 4.69) is 45.9 Å². The average Bonchev–Trinajstić information content (AvgIpc) is 3.05. The maximum Gasteiger partial charge on any atom is 0.251 e. The van der Waals surface area contributed by atoms with Gasteiger partial charge < -0.3 is 9.72 Å². The number of nitrogens with zero attached hydrogens (tertiary/aromatic N) is 3. The Morgan fingerprint density at radius 3 is 2.41 bits per heavy atom. The summed E-state index contributed by atoms with van der Waals surface area (Å²) in [7, 11) is 0. The third kappa shape index (κ3) is 3.44. The van der Waals surface area contributed by atoms with Crippen LogP contribution in [0.25, 0.3) is 16.9 Å². The molecule has 0 spiro atoms. The van der Waals surface area contributed by atoms with Gasteiger partial charge in [0.05, 0.1) is 17.9 Å². The molecule has 5 nitrogen and oxygen atoms in total. The van der Waals surface area contributed by atoms with Crippen LogP contribution in [0.2, 0.25) is 0 Å². The largest absolute Gasteiger partial charge is 0.346 e. The number of hydrogen-bond donors (Lipinski definition) is 1. The Hall–Kier alpha value is -3.47. The number of benzene rings is 1. The molecule has 0 radical (unpaired) electrons. The predicted molar refractivity (Wildman–Crippen MR) is 106 cm³/mol. The molecule has 3 heterocycles. The van der Waals surface area contributed by atoms with E-state index in [9.17, 15) is 4.79 Å². The van der Waals surface area contributed by atoms with Gasteiger partial charge in [0.15, 0.2) is 0 Å². The SMILES string of the molecule is Cc1ccc(-c2nc3ccc(C)cn3c2CNC(=O)c2ccncc2)cc1. The molecule has 0 aliphatic carbocycles. The molecule has 27 heavy (non-hydrogen) atoms. The summed E-state index contributed by atoms with van der Waals surface area (Å²) in [6, 6.07) is 15.7. The van der Waals surface area contributed by atoms with Crippen molar-refractivity contribution in [3.8, 4) is 11.3 Å². The normalized spacial score (nSPS) is 10.9. The monoisotopic (exact) mass is 356 g/mol. The Kier molecular flexibility index (Phi) is 4.42. The lowest BCUT2D eigenvalue weighted by molar-refractivity contribution is 0.0950. The van der Waals surface area contributed by atoms with Crippen LogP contribution in [-0.4, -0.2) is 20.3 Å². The lowest BCUT2D eigenvalue weighted by atomic mass is 10.1. The molecule has 0 aliphatic rings. The predicted octanol–water partition coefficient (Wildman–Crippen LogP) is 3.94. The Labute approximate surface area is 157 Å². The maximum absolute atomic E-state index is 12.5. The first-order valence-electron chi connectivity index (χ1n) is 8.84. The van der Waals surface area contributed by atoms with Crippen LogP contribution < -0.4 is 5.32 Å². The fourth-order valence-corrected chi connectivity index (χ4v) is 3.08. The van der Waals surface area contributed by atoms with Crippen LogP contribution in [0.3, 0.4) is 0 Å². The van der Waals surface area contributed by atoms with Gasteiger partial charge in [0.2, 0.25) is 0 Å². The summed E-state index contributed by atoms with van der Waals surface area (Å²) < 4.78 is 2.05. The first-order chi connectivity index (χ1) is 13.1. The smallest absolute Gasteiger partial charge is 0.251 e. The molecule has 0 fully saturated rings. The molecular formula is C22H20N4O. The van der Waals surface area contributed by atoms with Crippen LogP contribution in [0.5, 0.6) is 0 Å². The Morgan fingerprint density at radius 1 is 0.963 bits per heavy atom. The molecule has 134 valence electrons. The Bertz CT molecular complexity index is 1100. The number of hydrogen-bond acceptors (Lipinski definition) is 3. The highest BCUT2D eigenvalue weighted by Crippen LogP contribution is 2.25. The molecule has 1 aromatic carbocycles. The van der Waals surface area contributed by atoms with Gasteiger partial charge in [0, 0.05) is 29.7 Å². The second-order valence-corrected chi connectivity index (χ2v) is 6.63. The summed E-state index contributed by atoms with van der Waals surface area (Å²) in [6.45, 7) is 4.49. The van der Waals surface area contributed by atoms with Crippen LogP contribution in [0, 0.1) is 13.8 Å². The number of rotatable bonds is 4. The topological polar surface area (TPSA) is 59.3 Å². The van der Waals surface area contributed by atoms with Gasteiger partial charge >= 0.3 is 0 Å². The summed E-state index contributed by atoms with van der Waals surface area (Å²) in [4.78, 5) is 21.2. The molecule has 5 heteroatoms. The van der Waals surface area contributed by atoms with Crippen molar-refractivity contribution in [3.05, 3.63) is 89.5 Å². The number of fused-ring (bicyclic) bond motifs is 1. The number of pyridine rings is 2. The number of imidazole rings is 1. The molecule has 0 unspecified atom stereocenters. The van der Waals surface area contributed by atoms with Gasteiger partial charge in [0.1, 0.15) is 5.65 Å². The number of carbonyl (C=O) groups excluding carboxylic acids is 1. The van der Waals surface area contributed by atoms with E-state index in [0.717, 1.165) is 28.2 Å². The summed E-state index contributed by atoms with van der Waals surface area (Å²) in [5.41, 5.74) is 6.67. The highest BCUT2D eigenvalue weighted by molar-refractivity contribution is 5.94. The zero-order valence-corrected chi connectivity index (χ0v) is 15.3. The molecule has 0 aliphatic heterocycles. The first kappa shape index (κ1) is 17.0. The van der Waals surface area contributed by atoms with E-state index in [4.69, 9.17) is 4.98 Å². The van der Waals surface area contributed by atoms with Crippen molar-refractivity contribution in [2.45, 2.75) is 20.4 Å². The average molecular weight is 356 g/mol. The molecule has 0 saturated heterocycles. The van der Waals surface area contributed by atoms with Crippen LogP contribution >= 0.6 is 0 Å². The second kappa shape index (κ2) is 7.03. The first-order valence-corrected chi connectivity index (χ1v) is 8.84. The molecule has 3 aromatic heterocycles. The molecule has 1 N–H and O–H groups in total. The number of carbonyl (C=O) groups is 1. The zero-order chi connectivity index (χ0) is 18.8. The summed E-state index contributed by atoms with van der Waals surface area (Å²) in [5.74, 6) is -0.130. The van der Waals surface area contributed by atoms with E-state index in [1.807, 2.05) is 25.3 Å². The molecule has 0 bridgehead atoms. The minimum atomic E-state index is -0.130. The fourth-order valence-electron chi connectivity index (χ4n) is 3.08. The molecule has 4 aromatic rings. The molecule has 4 rings (SSSR count). The summed E-state index contributed by atoms with van der Waals surface area (Å²) in [5, 5.41) is 3.01. The zero-order valence-electron chi connectivity index (χ0n) is 15.3. The van der Waals surface area contributed by atoms with Crippen LogP contribution in [0.4, 0.5) is 0 Å². The lowest BCUT2D eigenvalue weighted by Gasteiger charge is -2.08. The quantitative estimate of drug-likeness (QED) is 0.602. The number of amides is 1. The Morgan fingerprint density at radius 2 is 1.67 bits per heavy atom. The third-order valence-corrected chi connectivity index (χ3v) is 4.55.